The molecule has 0 aliphatic carbocycles. The van der Waals surface area contributed by atoms with Gasteiger partial charge in [-0.25, -0.2) is 31.9 Å². The first-order chi connectivity index (χ1) is 18.9. The first kappa shape index (κ1) is 30.6. The largest absolute Gasteiger partial charge is 0.447 e. The van der Waals surface area contributed by atoms with Crippen LogP contribution in [0.2, 0.25) is 0 Å². The van der Waals surface area contributed by atoms with E-state index in [0.29, 0.717) is 17.2 Å². The summed E-state index contributed by atoms with van der Waals surface area (Å²) in [6.45, 7) is -0.918. The third kappa shape index (κ3) is 9.36. The lowest BCUT2D eigenvalue weighted by Crippen LogP contribution is -2.46. The molecule has 3 amide bonds. The molecule has 216 valence electrons. The number of benzene rings is 2. The maximum Gasteiger partial charge on any atom is 0.412 e. The molecule has 3 rings (SSSR count). The topological polar surface area (TPSA) is 147 Å². The Morgan fingerprint density at radius 3 is 2.62 bits per heavy atom. The van der Waals surface area contributed by atoms with E-state index in [0.717, 1.165) is 6.07 Å². The zero-order valence-corrected chi connectivity index (χ0v) is 22.1. The zero-order valence-electron chi connectivity index (χ0n) is 21.3. The van der Waals surface area contributed by atoms with Crippen LogP contribution < -0.4 is 10.6 Å². The number of hydrogen-bond acceptors (Lipinski definition) is 7. The van der Waals surface area contributed by atoms with Crippen molar-refractivity contribution in [2.24, 2.45) is 0 Å². The molecule has 15 heteroatoms. The van der Waals surface area contributed by atoms with Gasteiger partial charge in [-0.15, -0.1) is 0 Å². The van der Waals surface area contributed by atoms with Crippen molar-refractivity contribution < 1.29 is 44.7 Å². The van der Waals surface area contributed by atoms with Gasteiger partial charge < -0.3 is 15.0 Å². The number of carbonyl (C=O) groups excluding carboxylic acids is 2. The molecular formula is C25H27F3N4O7S. The summed E-state index contributed by atoms with van der Waals surface area (Å²) in [5.41, 5.74) is -0.0703. The number of unbranched alkanes of at least 4 members (excludes halogenated alkanes) is 1. The van der Waals surface area contributed by atoms with E-state index in [1.165, 1.54) is 54.5 Å². The second-order valence-electron chi connectivity index (χ2n) is 8.67. The van der Waals surface area contributed by atoms with Gasteiger partial charge in [0, 0.05) is 30.7 Å². The molecule has 0 saturated heterocycles. The van der Waals surface area contributed by atoms with Gasteiger partial charge in [0.1, 0.15) is 18.2 Å². The number of pyridine rings is 1. The highest BCUT2D eigenvalue weighted by atomic mass is 32.3. The number of fused-ring (bicyclic) bond motifs is 1. The molecule has 0 saturated carbocycles. The minimum absolute atomic E-state index is 0.0703. The molecule has 1 heterocycles. The Morgan fingerprint density at radius 2 is 1.88 bits per heavy atom. The third-order valence-corrected chi connectivity index (χ3v) is 6.28. The zero-order chi connectivity index (χ0) is 29.3. The maximum absolute atomic E-state index is 13.9. The van der Waals surface area contributed by atoms with Crippen molar-refractivity contribution >= 4 is 39.1 Å². The van der Waals surface area contributed by atoms with Crippen molar-refractivity contribution in [3.8, 4) is 0 Å². The van der Waals surface area contributed by atoms with Crippen molar-refractivity contribution in [3.63, 3.8) is 0 Å². The van der Waals surface area contributed by atoms with Gasteiger partial charge in [0.2, 0.25) is 0 Å². The Hall–Kier alpha value is -3.95. The van der Waals surface area contributed by atoms with Gasteiger partial charge in [-0.05, 0) is 55.0 Å². The Balaban J connectivity index is 1.60. The number of urea groups is 1. The van der Waals surface area contributed by atoms with E-state index in [2.05, 4.69) is 19.8 Å². The fourth-order valence-electron chi connectivity index (χ4n) is 3.67. The molecule has 0 bridgehead atoms. The lowest BCUT2D eigenvalue weighted by molar-refractivity contribution is 0.112. The summed E-state index contributed by atoms with van der Waals surface area (Å²) in [5, 5.41) is 6.04. The van der Waals surface area contributed by atoms with Crippen molar-refractivity contribution in [1.82, 2.24) is 15.2 Å². The van der Waals surface area contributed by atoms with Crippen LogP contribution in [0.4, 0.5) is 28.6 Å². The summed E-state index contributed by atoms with van der Waals surface area (Å²) in [6.07, 6.45) is 1.25. The lowest BCUT2D eigenvalue weighted by atomic mass is 10.1. The molecule has 3 N–H and O–H groups in total. The van der Waals surface area contributed by atoms with Crippen molar-refractivity contribution in [3.05, 3.63) is 71.7 Å². The Kier molecular flexibility index (Phi) is 10.6. The van der Waals surface area contributed by atoms with Crippen molar-refractivity contribution in [1.29, 1.82) is 0 Å². The smallest absolute Gasteiger partial charge is 0.412 e. The lowest BCUT2D eigenvalue weighted by Gasteiger charge is -2.28. The SMILES string of the molecule is CN(C(=O)NCc1cccc(F)c1F)[C@@H](CCCCOS(=O)(=O)O)COC(=O)Nc1cc2cc(F)ccc2cn1. The predicted octanol–water partition coefficient (Wildman–Crippen LogP) is 4.40. The molecule has 1 atom stereocenters. The highest BCUT2D eigenvalue weighted by Crippen LogP contribution is 2.18. The molecule has 0 unspecified atom stereocenters. The van der Waals surface area contributed by atoms with Crippen LogP contribution in [0.15, 0.2) is 48.7 Å². The number of nitrogens with zero attached hydrogens (tertiary/aromatic N) is 2. The molecule has 11 nitrogen and oxygen atoms in total. The normalized spacial score (nSPS) is 12.1. The summed E-state index contributed by atoms with van der Waals surface area (Å²) in [4.78, 5) is 30.4. The van der Waals surface area contributed by atoms with Gasteiger partial charge in [-0.3, -0.25) is 9.87 Å². The van der Waals surface area contributed by atoms with E-state index in [1.54, 1.807) is 0 Å². The molecule has 0 aliphatic rings. The van der Waals surface area contributed by atoms with E-state index in [9.17, 15) is 31.2 Å². The average Bonchev–Trinajstić information content (AvgIpc) is 2.89. The predicted molar refractivity (Wildman–Crippen MR) is 138 cm³/mol. The second kappa shape index (κ2) is 13.9. The Bertz CT molecular complexity index is 1460. The number of nitrogens with one attached hydrogen (secondary N) is 2. The standard InChI is InChI=1S/C25H27F3N4O7S/c1-32(24(33)30-14-17-5-4-7-21(27)23(17)28)20(6-2-3-10-39-40(35,36)37)15-38-25(34)31-22-12-18-11-19(26)9-8-16(18)13-29-22/h4-5,7-9,11-13,20H,2-3,6,10,14-15H2,1H3,(H,30,33)(H,29,31,34)(H,35,36,37)/t20-/m0/s1. The first-order valence-corrected chi connectivity index (χ1v) is 13.3. The van der Waals surface area contributed by atoms with E-state index in [-0.39, 0.29) is 44.0 Å². The van der Waals surface area contributed by atoms with Crippen LogP contribution in [0.3, 0.4) is 0 Å². The van der Waals surface area contributed by atoms with Crippen LogP contribution in [-0.2, 0) is 25.9 Å². The minimum Gasteiger partial charge on any atom is -0.447 e. The van der Waals surface area contributed by atoms with Crippen molar-refractivity contribution in [2.75, 3.05) is 25.6 Å². The summed E-state index contributed by atoms with van der Waals surface area (Å²) in [7, 11) is -3.20. The fraction of sp³-hybridized carbons (Fsp3) is 0.320. The van der Waals surface area contributed by atoms with Gasteiger partial charge in [0.25, 0.3) is 0 Å². The highest BCUT2D eigenvalue weighted by Gasteiger charge is 2.22. The number of aromatic nitrogens is 1. The first-order valence-electron chi connectivity index (χ1n) is 12.0. The summed E-state index contributed by atoms with van der Waals surface area (Å²) < 4.78 is 80.5. The number of amides is 3. The molecule has 0 spiro atoms. The number of likely N-dealkylation sites (N-methyl/N-ethyl adjacent to an activating group) is 1. The third-order valence-electron chi connectivity index (χ3n) is 5.81. The van der Waals surface area contributed by atoms with Gasteiger partial charge in [-0.2, -0.15) is 8.42 Å². The van der Waals surface area contributed by atoms with Gasteiger partial charge in [0.15, 0.2) is 11.6 Å². The van der Waals surface area contributed by atoms with E-state index in [1.807, 2.05) is 0 Å². The Morgan fingerprint density at radius 1 is 1.10 bits per heavy atom. The fourth-order valence-corrected chi connectivity index (χ4v) is 4.00. The molecule has 0 radical (unpaired) electrons. The summed E-state index contributed by atoms with van der Waals surface area (Å²) >= 11 is 0. The second-order valence-corrected chi connectivity index (χ2v) is 9.76. The maximum atomic E-state index is 13.9. The molecule has 0 fully saturated rings. The number of carbonyl (C=O) groups is 2. The number of anilines is 1. The summed E-state index contributed by atoms with van der Waals surface area (Å²) in [6, 6.07) is 7.70. The number of hydrogen-bond donors (Lipinski definition) is 3. The Labute approximate surface area is 228 Å². The van der Waals surface area contributed by atoms with E-state index < -0.39 is 46.0 Å². The number of rotatable bonds is 12. The van der Waals surface area contributed by atoms with Gasteiger partial charge in [-0.1, -0.05) is 12.1 Å². The molecule has 2 aromatic carbocycles. The highest BCUT2D eigenvalue weighted by molar-refractivity contribution is 7.80. The van der Waals surface area contributed by atoms with Gasteiger partial charge in [0.05, 0.1) is 12.6 Å². The number of ether oxygens (including phenoxy) is 1. The average molecular weight is 585 g/mol. The van der Waals surface area contributed by atoms with Crippen LogP contribution in [0.1, 0.15) is 24.8 Å². The molecule has 0 aliphatic heterocycles. The quantitative estimate of drug-likeness (QED) is 0.210. The molecule has 40 heavy (non-hydrogen) atoms. The molecule has 3 aromatic rings. The molecular weight excluding hydrogens is 557 g/mol. The monoisotopic (exact) mass is 584 g/mol. The molecule has 1 aromatic heterocycles. The summed E-state index contributed by atoms with van der Waals surface area (Å²) in [5.74, 6) is -2.51. The minimum atomic E-state index is -4.60. The van der Waals surface area contributed by atoms with Crippen molar-refractivity contribution in [2.45, 2.75) is 31.8 Å². The van der Waals surface area contributed by atoms with Crippen LogP contribution in [0, 0.1) is 17.5 Å². The van der Waals surface area contributed by atoms with E-state index in [4.69, 9.17) is 9.29 Å². The van der Waals surface area contributed by atoms with Crippen LogP contribution >= 0.6 is 0 Å². The van der Waals surface area contributed by atoms with Crippen LogP contribution in [-0.4, -0.2) is 61.3 Å². The van der Waals surface area contributed by atoms with E-state index >= 15 is 0 Å². The van der Waals surface area contributed by atoms with Crippen LogP contribution in [0.25, 0.3) is 10.8 Å². The van der Waals surface area contributed by atoms with Crippen LogP contribution in [0.5, 0.6) is 0 Å². The number of halogens is 3. The van der Waals surface area contributed by atoms with Gasteiger partial charge >= 0.3 is 22.5 Å².